The summed E-state index contributed by atoms with van der Waals surface area (Å²) in [5.41, 5.74) is 6.53. The number of benzene rings is 3. The number of furan rings is 1. The van der Waals surface area contributed by atoms with Crippen LogP contribution >= 0.6 is 10.9 Å². The van der Waals surface area contributed by atoms with Gasteiger partial charge in [0.25, 0.3) is 0 Å². The second kappa shape index (κ2) is 5.77. The van der Waals surface area contributed by atoms with Gasteiger partial charge in [0.05, 0.1) is 6.26 Å². The third-order valence-corrected chi connectivity index (χ3v) is 7.90. The largest absolute Gasteiger partial charge is 0.464 e. The van der Waals surface area contributed by atoms with E-state index in [9.17, 15) is 0 Å². The van der Waals surface area contributed by atoms with Crippen molar-refractivity contribution in [3.8, 4) is 0 Å². The molecule has 2 aliphatic rings. The van der Waals surface area contributed by atoms with Gasteiger partial charge in [-0.3, -0.25) is 0 Å². The Hall–Kier alpha value is -2.97. The lowest BCUT2D eigenvalue weighted by molar-refractivity contribution is 0.615. The first-order chi connectivity index (χ1) is 13.4. The summed E-state index contributed by atoms with van der Waals surface area (Å²) in [5, 5.41) is 3.63. The Morgan fingerprint density at radius 2 is 1.59 bits per heavy atom. The fourth-order valence-electron chi connectivity index (χ4n) is 4.38. The monoisotopic (exact) mass is 366 g/mol. The van der Waals surface area contributed by atoms with E-state index in [1.807, 2.05) is 6.07 Å². The van der Waals surface area contributed by atoms with Crippen molar-refractivity contribution in [2.45, 2.75) is 15.7 Å². The molecule has 2 unspecified atom stereocenters. The topological polar surface area (TPSA) is 13.1 Å². The molecule has 0 bridgehead atoms. The zero-order valence-electron chi connectivity index (χ0n) is 14.7. The van der Waals surface area contributed by atoms with Gasteiger partial charge in [-0.1, -0.05) is 54.6 Å². The zero-order chi connectivity index (χ0) is 17.8. The van der Waals surface area contributed by atoms with Gasteiger partial charge in [-0.15, -0.1) is 0 Å². The van der Waals surface area contributed by atoms with Crippen molar-refractivity contribution in [1.29, 1.82) is 0 Å². The quantitative estimate of drug-likeness (QED) is 0.377. The van der Waals surface area contributed by atoms with Crippen molar-refractivity contribution >= 4 is 34.0 Å². The van der Waals surface area contributed by atoms with E-state index in [0.717, 1.165) is 5.58 Å². The highest BCUT2D eigenvalue weighted by molar-refractivity contribution is 8.20. The number of allylic oxidation sites excluding steroid dienone is 1. The van der Waals surface area contributed by atoms with E-state index < -0.39 is 10.9 Å². The van der Waals surface area contributed by atoms with Crippen LogP contribution in [0.4, 0.5) is 0 Å². The van der Waals surface area contributed by atoms with E-state index in [4.69, 9.17) is 4.42 Å². The number of fused-ring (bicyclic) bond motifs is 3. The predicted molar refractivity (Wildman–Crippen MR) is 115 cm³/mol. The third-order valence-electron chi connectivity index (χ3n) is 5.63. The number of thiol groups is 1. The SMILES string of the molecule is C1=CC(c2cccc3c2C=C[SH]3c2cccc3occc23)c2ccccc21. The Labute approximate surface area is 161 Å². The van der Waals surface area contributed by atoms with Crippen LogP contribution in [0, 0.1) is 0 Å². The Balaban J connectivity index is 1.49. The van der Waals surface area contributed by atoms with Crippen LogP contribution in [0.3, 0.4) is 0 Å². The predicted octanol–water partition coefficient (Wildman–Crippen LogP) is 7.00. The first kappa shape index (κ1) is 15.1. The van der Waals surface area contributed by atoms with Crippen molar-refractivity contribution in [3.05, 3.63) is 107 Å². The smallest absolute Gasteiger partial charge is 0.134 e. The molecule has 0 fully saturated rings. The van der Waals surface area contributed by atoms with Crippen LogP contribution in [-0.2, 0) is 0 Å². The fourth-order valence-corrected chi connectivity index (χ4v) is 6.66. The van der Waals surface area contributed by atoms with Gasteiger partial charge in [-0.05, 0) is 58.0 Å². The minimum absolute atomic E-state index is 0.348. The van der Waals surface area contributed by atoms with Gasteiger partial charge < -0.3 is 4.42 Å². The molecule has 27 heavy (non-hydrogen) atoms. The van der Waals surface area contributed by atoms with Crippen molar-refractivity contribution in [2.24, 2.45) is 0 Å². The lowest BCUT2D eigenvalue weighted by Crippen LogP contribution is -1.99. The van der Waals surface area contributed by atoms with E-state index in [-0.39, 0.29) is 0 Å². The van der Waals surface area contributed by atoms with Gasteiger partial charge in [0.1, 0.15) is 5.58 Å². The lowest BCUT2D eigenvalue weighted by atomic mass is 9.90. The standard InChI is InChI=1S/C25H18OS/c1-2-6-18-17(5-1)11-12-20(18)19-7-3-9-24-21(19)14-16-27(24)25-10-4-8-23-22(25)13-15-26-23/h1-16,20,27H. The molecule has 2 heteroatoms. The number of hydrogen-bond donors (Lipinski definition) is 1. The molecule has 0 amide bonds. The summed E-state index contributed by atoms with van der Waals surface area (Å²) in [6, 6.07) is 24.0. The Morgan fingerprint density at radius 3 is 2.59 bits per heavy atom. The summed E-state index contributed by atoms with van der Waals surface area (Å²) in [6.45, 7) is 0. The van der Waals surface area contributed by atoms with Crippen LogP contribution in [0.25, 0.3) is 23.1 Å². The van der Waals surface area contributed by atoms with Gasteiger partial charge in [-0.2, -0.15) is 10.9 Å². The Morgan fingerprint density at radius 1 is 0.741 bits per heavy atom. The molecule has 0 radical (unpaired) electrons. The average molecular weight is 366 g/mol. The summed E-state index contributed by atoms with van der Waals surface area (Å²) in [6.07, 6.45) is 8.73. The third kappa shape index (κ3) is 2.20. The maximum atomic E-state index is 5.63. The Kier molecular flexibility index (Phi) is 3.23. The highest BCUT2D eigenvalue weighted by atomic mass is 32.2. The molecule has 1 aliphatic carbocycles. The molecule has 0 N–H and O–H groups in total. The van der Waals surface area contributed by atoms with E-state index in [0.29, 0.717) is 5.92 Å². The highest BCUT2D eigenvalue weighted by Gasteiger charge is 2.26. The van der Waals surface area contributed by atoms with Crippen molar-refractivity contribution in [1.82, 2.24) is 0 Å². The molecule has 1 aliphatic heterocycles. The maximum absolute atomic E-state index is 5.63. The summed E-state index contributed by atoms with van der Waals surface area (Å²) in [7, 11) is -0.493. The van der Waals surface area contributed by atoms with Gasteiger partial charge in [-0.25, -0.2) is 0 Å². The molecule has 4 aromatic rings. The highest BCUT2D eigenvalue weighted by Crippen LogP contribution is 2.56. The van der Waals surface area contributed by atoms with E-state index >= 15 is 0 Å². The molecule has 0 spiro atoms. The minimum Gasteiger partial charge on any atom is -0.464 e. The van der Waals surface area contributed by atoms with Gasteiger partial charge in [0, 0.05) is 21.1 Å². The van der Waals surface area contributed by atoms with Gasteiger partial charge in [0.2, 0.25) is 0 Å². The van der Waals surface area contributed by atoms with E-state index in [1.54, 1.807) is 6.26 Å². The molecule has 2 atom stereocenters. The fraction of sp³-hybridized carbons (Fsp3) is 0.0400. The molecular weight excluding hydrogens is 348 g/mol. The first-order valence-corrected chi connectivity index (χ1v) is 10.6. The minimum atomic E-state index is -0.493. The summed E-state index contributed by atoms with van der Waals surface area (Å²) < 4.78 is 5.63. The number of rotatable bonds is 2. The second-order valence-corrected chi connectivity index (χ2v) is 9.04. The molecular formula is C25H18OS. The molecule has 0 saturated heterocycles. The Bertz CT molecular complexity index is 1240. The second-order valence-electron chi connectivity index (χ2n) is 7.04. The first-order valence-electron chi connectivity index (χ1n) is 9.24. The van der Waals surface area contributed by atoms with Crippen LogP contribution < -0.4 is 0 Å². The molecule has 3 aromatic carbocycles. The average Bonchev–Trinajstić information content (AvgIpc) is 3.44. The normalized spacial score (nSPS) is 20.9. The molecule has 130 valence electrons. The molecule has 6 rings (SSSR count). The molecule has 0 saturated carbocycles. The van der Waals surface area contributed by atoms with Crippen molar-refractivity contribution in [3.63, 3.8) is 0 Å². The van der Waals surface area contributed by atoms with Crippen LogP contribution in [0.15, 0.2) is 98.7 Å². The van der Waals surface area contributed by atoms with Crippen LogP contribution in [0.5, 0.6) is 0 Å². The van der Waals surface area contributed by atoms with Crippen molar-refractivity contribution in [2.75, 3.05) is 0 Å². The molecule has 1 aromatic heterocycles. The molecule has 1 nitrogen and oxygen atoms in total. The molecule has 2 heterocycles. The van der Waals surface area contributed by atoms with Crippen LogP contribution in [-0.4, -0.2) is 0 Å². The van der Waals surface area contributed by atoms with E-state index in [1.165, 1.54) is 37.4 Å². The number of hydrogen-bond acceptors (Lipinski definition) is 1. The summed E-state index contributed by atoms with van der Waals surface area (Å²) in [4.78, 5) is 2.83. The van der Waals surface area contributed by atoms with Gasteiger partial charge in [0.15, 0.2) is 0 Å². The van der Waals surface area contributed by atoms with Crippen LogP contribution in [0.2, 0.25) is 0 Å². The maximum Gasteiger partial charge on any atom is 0.134 e. The lowest BCUT2D eigenvalue weighted by Gasteiger charge is -2.20. The van der Waals surface area contributed by atoms with Crippen molar-refractivity contribution < 1.29 is 4.42 Å². The summed E-state index contributed by atoms with van der Waals surface area (Å²) >= 11 is 0. The summed E-state index contributed by atoms with van der Waals surface area (Å²) in [5.74, 6) is 0.348. The van der Waals surface area contributed by atoms with E-state index in [2.05, 4.69) is 84.3 Å². The van der Waals surface area contributed by atoms with Crippen LogP contribution in [0.1, 0.15) is 28.2 Å². The van der Waals surface area contributed by atoms with Gasteiger partial charge >= 0.3 is 0 Å². The zero-order valence-corrected chi connectivity index (χ0v) is 15.6.